The zero-order valence-electron chi connectivity index (χ0n) is 18.5. The van der Waals surface area contributed by atoms with Crippen LogP contribution in [0.5, 0.6) is 0 Å². The third-order valence-electron chi connectivity index (χ3n) is 8.41. The summed E-state index contributed by atoms with van der Waals surface area (Å²) in [4.78, 5) is 0. The van der Waals surface area contributed by atoms with Gasteiger partial charge in [-0.25, -0.2) is 0 Å². The average Bonchev–Trinajstić information content (AvgIpc) is 3.42. The number of fused-ring (bicyclic) bond motifs is 1. The lowest BCUT2D eigenvalue weighted by Gasteiger charge is -2.34. The van der Waals surface area contributed by atoms with Crippen LogP contribution in [0.2, 0.25) is 24.2 Å². The van der Waals surface area contributed by atoms with Crippen LogP contribution in [0.25, 0.3) is 0 Å². The lowest BCUT2D eigenvalue weighted by Crippen LogP contribution is -2.59. The van der Waals surface area contributed by atoms with Crippen molar-refractivity contribution in [1.82, 2.24) is 0 Å². The van der Waals surface area contributed by atoms with E-state index >= 15 is 0 Å². The van der Waals surface area contributed by atoms with Crippen molar-refractivity contribution in [1.29, 1.82) is 0 Å². The molecular formula is C30H30Si2. The molecule has 2 aliphatic rings. The second kappa shape index (κ2) is 8.02. The summed E-state index contributed by atoms with van der Waals surface area (Å²) < 4.78 is 0. The molecule has 0 unspecified atom stereocenters. The monoisotopic (exact) mass is 446 g/mol. The molecule has 158 valence electrons. The summed E-state index contributed by atoms with van der Waals surface area (Å²) in [5.74, 6) is 1.71. The van der Waals surface area contributed by atoms with Crippen LogP contribution in [0.15, 0.2) is 121 Å². The van der Waals surface area contributed by atoms with E-state index in [0.29, 0.717) is 0 Å². The maximum Gasteiger partial charge on any atom is 0.118 e. The minimum Gasteiger partial charge on any atom is -0.0626 e. The topological polar surface area (TPSA) is 0 Å². The molecule has 0 saturated carbocycles. The number of benzene rings is 4. The summed E-state index contributed by atoms with van der Waals surface area (Å²) in [6.07, 6.45) is 0. The second-order valence-corrected chi connectivity index (χ2v) is 18.2. The molecule has 0 amide bonds. The van der Waals surface area contributed by atoms with Gasteiger partial charge in [-0.2, -0.15) is 0 Å². The van der Waals surface area contributed by atoms with Crippen LogP contribution in [-0.2, 0) is 0 Å². The highest BCUT2D eigenvalue weighted by molar-refractivity contribution is 7.05. The Balaban J connectivity index is 1.42. The first-order valence-corrected chi connectivity index (χ1v) is 16.9. The Kier molecular flexibility index (Phi) is 5.00. The van der Waals surface area contributed by atoms with E-state index in [4.69, 9.17) is 0 Å². The third kappa shape index (κ3) is 3.16. The quantitative estimate of drug-likeness (QED) is 0.396. The maximum absolute atomic E-state index is 2.43. The van der Waals surface area contributed by atoms with Crippen molar-refractivity contribution in [2.24, 2.45) is 11.8 Å². The standard InChI is InChI=1S/C30H30Si2/c1-5-13-27(14-6-1)31(28-15-7-2-8-16-28)21-25-23-32(24-26(25)22-31,29-17-9-3-10-18-29)30-19-11-4-12-20-30/h1-20,25-26H,21-24H2. The molecule has 0 nitrogen and oxygen atoms in total. The van der Waals surface area contributed by atoms with Gasteiger partial charge in [0.2, 0.25) is 0 Å². The van der Waals surface area contributed by atoms with Gasteiger partial charge in [0, 0.05) is 0 Å². The molecule has 0 atom stereocenters. The predicted molar refractivity (Wildman–Crippen MR) is 142 cm³/mol. The SMILES string of the molecule is c1ccc([Si]2(c3ccccc3)CC3C[Si](c4ccccc4)(c4ccccc4)CC3C2)cc1. The van der Waals surface area contributed by atoms with Crippen molar-refractivity contribution >= 4 is 36.9 Å². The van der Waals surface area contributed by atoms with Crippen LogP contribution in [0.1, 0.15) is 0 Å². The molecule has 4 aromatic carbocycles. The van der Waals surface area contributed by atoms with Crippen molar-refractivity contribution in [3.63, 3.8) is 0 Å². The van der Waals surface area contributed by atoms with Gasteiger partial charge in [0.1, 0.15) is 16.1 Å². The van der Waals surface area contributed by atoms with Gasteiger partial charge in [0.25, 0.3) is 0 Å². The fourth-order valence-corrected chi connectivity index (χ4v) is 19.3. The molecule has 0 bridgehead atoms. The lowest BCUT2D eigenvalue weighted by molar-refractivity contribution is 0.516. The summed E-state index contributed by atoms with van der Waals surface area (Å²) in [5, 5.41) is 6.58. The zero-order chi connectivity index (χ0) is 21.4. The molecule has 2 aliphatic heterocycles. The minimum absolute atomic E-state index is 0.856. The van der Waals surface area contributed by atoms with Gasteiger partial charge < -0.3 is 0 Å². The van der Waals surface area contributed by atoms with E-state index in [1.807, 2.05) is 0 Å². The molecule has 0 N–H and O–H groups in total. The summed E-state index contributed by atoms with van der Waals surface area (Å²) in [6.45, 7) is 0. The average molecular weight is 447 g/mol. The molecule has 0 spiro atoms. The Morgan fingerprint density at radius 1 is 0.344 bits per heavy atom. The number of rotatable bonds is 4. The van der Waals surface area contributed by atoms with Crippen LogP contribution in [0, 0.1) is 11.8 Å². The van der Waals surface area contributed by atoms with Crippen LogP contribution >= 0.6 is 0 Å². The molecule has 32 heavy (non-hydrogen) atoms. The van der Waals surface area contributed by atoms with Gasteiger partial charge in [-0.15, -0.1) is 0 Å². The maximum atomic E-state index is 2.43. The molecule has 2 heterocycles. The fourth-order valence-electron chi connectivity index (χ4n) is 7.07. The summed E-state index contributed by atoms with van der Waals surface area (Å²) in [6, 6.07) is 51.9. The molecule has 0 aromatic heterocycles. The van der Waals surface area contributed by atoms with Gasteiger partial charge in [0.15, 0.2) is 0 Å². The smallest absolute Gasteiger partial charge is 0.0626 e. The Morgan fingerprint density at radius 3 is 0.781 bits per heavy atom. The van der Waals surface area contributed by atoms with Gasteiger partial charge in [-0.05, 0) is 36.0 Å². The van der Waals surface area contributed by atoms with Crippen molar-refractivity contribution in [2.45, 2.75) is 24.2 Å². The summed E-state index contributed by atoms with van der Waals surface area (Å²) in [7, 11) is -3.45. The van der Waals surface area contributed by atoms with E-state index in [0.717, 1.165) is 11.8 Å². The highest BCUT2D eigenvalue weighted by Crippen LogP contribution is 2.52. The Labute approximate surface area is 194 Å². The first-order chi connectivity index (χ1) is 15.8. The molecule has 6 rings (SSSR count). The molecule has 2 fully saturated rings. The second-order valence-electron chi connectivity index (χ2n) is 9.96. The van der Waals surface area contributed by atoms with E-state index in [1.165, 1.54) is 24.2 Å². The van der Waals surface area contributed by atoms with E-state index in [9.17, 15) is 0 Å². The Hall–Kier alpha value is -2.69. The highest BCUT2D eigenvalue weighted by Gasteiger charge is 2.58. The van der Waals surface area contributed by atoms with E-state index in [-0.39, 0.29) is 0 Å². The normalized spacial score (nSPS) is 23.0. The highest BCUT2D eigenvalue weighted by atomic mass is 28.3. The number of hydrogen-bond acceptors (Lipinski definition) is 0. The van der Waals surface area contributed by atoms with E-state index in [2.05, 4.69) is 121 Å². The van der Waals surface area contributed by atoms with Crippen molar-refractivity contribution in [3.8, 4) is 0 Å². The van der Waals surface area contributed by atoms with E-state index < -0.39 is 16.1 Å². The van der Waals surface area contributed by atoms with Crippen molar-refractivity contribution in [3.05, 3.63) is 121 Å². The predicted octanol–water partition coefficient (Wildman–Crippen LogP) is 4.77. The molecule has 2 heteroatoms. The molecule has 4 aromatic rings. The Bertz CT molecular complexity index is 981. The van der Waals surface area contributed by atoms with Crippen LogP contribution in [0.3, 0.4) is 0 Å². The lowest BCUT2D eigenvalue weighted by atomic mass is 10.0. The number of hydrogen-bond donors (Lipinski definition) is 0. The van der Waals surface area contributed by atoms with Crippen molar-refractivity contribution in [2.75, 3.05) is 0 Å². The first kappa shape index (κ1) is 20.0. The minimum atomic E-state index is -1.72. The molecule has 0 aliphatic carbocycles. The van der Waals surface area contributed by atoms with Gasteiger partial charge in [0.05, 0.1) is 0 Å². The first-order valence-electron chi connectivity index (χ1n) is 12.0. The molecule has 0 radical (unpaired) electrons. The molecule has 2 saturated heterocycles. The van der Waals surface area contributed by atoms with Gasteiger partial charge in [-0.3, -0.25) is 0 Å². The summed E-state index contributed by atoms with van der Waals surface area (Å²) in [5.41, 5.74) is 0. The van der Waals surface area contributed by atoms with E-state index in [1.54, 1.807) is 20.7 Å². The van der Waals surface area contributed by atoms with Crippen molar-refractivity contribution < 1.29 is 0 Å². The zero-order valence-corrected chi connectivity index (χ0v) is 20.5. The van der Waals surface area contributed by atoms with Crippen LogP contribution < -0.4 is 20.7 Å². The third-order valence-corrected chi connectivity index (χ3v) is 19.1. The van der Waals surface area contributed by atoms with Gasteiger partial charge in [-0.1, -0.05) is 142 Å². The fraction of sp³-hybridized carbons (Fsp3) is 0.200. The van der Waals surface area contributed by atoms with Gasteiger partial charge >= 0.3 is 0 Å². The Morgan fingerprint density at radius 2 is 0.562 bits per heavy atom. The summed E-state index contributed by atoms with van der Waals surface area (Å²) >= 11 is 0. The van der Waals surface area contributed by atoms with Crippen LogP contribution in [0.4, 0.5) is 0 Å². The largest absolute Gasteiger partial charge is 0.118 e. The van der Waals surface area contributed by atoms with Crippen LogP contribution in [-0.4, -0.2) is 16.1 Å². The molecular weight excluding hydrogens is 417 g/mol.